The van der Waals surface area contributed by atoms with Crippen molar-refractivity contribution in [3.05, 3.63) is 12.2 Å². The Morgan fingerprint density at radius 2 is 2.38 bits per heavy atom. The number of hydrogen-bond acceptors (Lipinski definition) is 5. The second-order valence-corrected chi connectivity index (χ2v) is 17.3. The van der Waals surface area contributed by atoms with Crippen LogP contribution in [0.1, 0.15) is 13.3 Å². The van der Waals surface area contributed by atoms with E-state index in [2.05, 4.69) is 1.33 Å². The topological polar surface area (TPSA) is 55.6 Å². The summed E-state index contributed by atoms with van der Waals surface area (Å²) in [5, 5.41) is 0. The van der Waals surface area contributed by atoms with E-state index in [0.717, 1.165) is 0 Å². The van der Waals surface area contributed by atoms with Gasteiger partial charge in [-0.15, -0.1) is 0 Å². The molecule has 5 nitrogen and oxygen atoms in total. The van der Waals surface area contributed by atoms with E-state index in [9.17, 15) is 9.59 Å². The quantitative estimate of drug-likeness (QED) is 0.105. The van der Waals surface area contributed by atoms with Crippen LogP contribution >= 0.6 is 16.5 Å². The third kappa shape index (κ3) is 0.852. The molecule has 3 saturated heterocycles. The number of rotatable bonds is 0. The Morgan fingerprint density at radius 1 is 1.56 bits per heavy atom. The zero-order valence-electron chi connectivity index (χ0n) is 8.28. The van der Waals surface area contributed by atoms with Gasteiger partial charge in [0.05, 0.1) is 0 Å². The van der Waals surface area contributed by atoms with Crippen molar-refractivity contribution in [2.75, 3.05) is 0 Å². The van der Waals surface area contributed by atoms with Crippen LogP contribution in [0.2, 0.25) is 0 Å². The first-order valence-corrected chi connectivity index (χ1v) is 14.0. The monoisotopic (exact) mass is 448 g/mol. The first-order valence-electron chi connectivity index (χ1n) is 4.88. The molecule has 0 N–H and O–H groups in total. The molecular formula is C9H8I2NO4-. The molecule has 0 aromatic rings. The summed E-state index contributed by atoms with van der Waals surface area (Å²) in [5.41, 5.74) is -1.48. The van der Waals surface area contributed by atoms with Crippen LogP contribution in [0.3, 0.4) is 0 Å². The first-order chi connectivity index (χ1) is 7.60. The van der Waals surface area contributed by atoms with Gasteiger partial charge in [0.25, 0.3) is 0 Å². The van der Waals surface area contributed by atoms with Gasteiger partial charge in [0.1, 0.15) is 0 Å². The van der Waals surface area contributed by atoms with Crippen LogP contribution < -0.4 is 17.5 Å². The molecule has 1 spiro atoms. The summed E-state index contributed by atoms with van der Waals surface area (Å²) in [6, 6.07) is 0. The molecular weight excluding hydrogens is 440 g/mol. The van der Waals surface area contributed by atoms with E-state index >= 15 is 0 Å². The molecule has 0 saturated carbocycles. The van der Waals surface area contributed by atoms with Gasteiger partial charge in [-0.2, -0.15) is 0 Å². The maximum absolute atomic E-state index is 12.1. The fraction of sp³-hybridized carbons (Fsp3) is 0.556. The van der Waals surface area contributed by atoms with Crippen molar-refractivity contribution >= 4 is 28.5 Å². The minimum atomic E-state index is -1.42. The fourth-order valence-corrected chi connectivity index (χ4v) is 17.4. The van der Waals surface area contributed by atoms with Gasteiger partial charge < -0.3 is 0 Å². The molecule has 0 bridgehead atoms. The Hall–Kier alpha value is 0.260. The van der Waals surface area contributed by atoms with Crippen LogP contribution in [-0.2, 0) is 17.4 Å². The zero-order valence-corrected chi connectivity index (χ0v) is 12.6. The van der Waals surface area contributed by atoms with Crippen molar-refractivity contribution in [1.29, 1.82) is 0 Å². The van der Waals surface area contributed by atoms with E-state index in [-0.39, 0.29) is 35.5 Å². The predicted molar refractivity (Wildman–Crippen MR) is 56.4 cm³/mol. The summed E-state index contributed by atoms with van der Waals surface area (Å²) in [6.07, 6.45) is 4.24. The number of carbonyl (C=O) groups excluding carboxylic acids is 2. The number of hydrogen-bond donors (Lipinski definition) is 0. The van der Waals surface area contributed by atoms with Crippen molar-refractivity contribution in [1.82, 2.24) is 1.33 Å². The van der Waals surface area contributed by atoms with E-state index in [1.807, 2.05) is 19.1 Å². The molecule has 3 fully saturated rings. The molecule has 7 heteroatoms. The molecule has 0 aromatic heterocycles. The van der Waals surface area contributed by atoms with Gasteiger partial charge in [-0.25, -0.2) is 0 Å². The Kier molecular flexibility index (Phi) is 1.79. The average molecular weight is 448 g/mol. The van der Waals surface area contributed by atoms with E-state index in [0.29, 0.717) is 6.42 Å². The number of fused-ring (bicyclic) bond motifs is 1. The molecule has 3 aliphatic heterocycles. The summed E-state index contributed by atoms with van der Waals surface area (Å²) in [6.45, 7) is 1.85. The van der Waals surface area contributed by atoms with Crippen LogP contribution in [0.25, 0.3) is 0 Å². The van der Waals surface area contributed by atoms with E-state index < -0.39 is 27.5 Å². The number of allylic oxidation sites excluding steroid dienone is 1. The number of nitrogens with zero attached hydrogens (tertiary/aromatic N) is 1. The molecule has 0 aromatic carbocycles. The Bertz CT molecular complexity index is 466. The Morgan fingerprint density at radius 3 is 3.19 bits per heavy atom. The third-order valence-electron chi connectivity index (χ3n) is 3.69. The molecule has 3 heterocycles. The second kappa shape index (κ2) is 2.81. The van der Waals surface area contributed by atoms with Crippen LogP contribution in [0.15, 0.2) is 12.2 Å². The van der Waals surface area contributed by atoms with Gasteiger partial charge in [-0.05, 0) is 0 Å². The predicted octanol–water partition coefficient (Wildman–Crippen LogP) is -2.26. The van der Waals surface area contributed by atoms with Crippen molar-refractivity contribution in [2.45, 2.75) is 25.0 Å². The molecule has 1 unspecified atom stereocenters. The summed E-state index contributed by atoms with van der Waals surface area (Å²) >= 11 is -1.51. The zero-order chi connectivity index (χ0) is 11.1. The van der Waals surface area contributed by atoms with Crippen LogP contribution in [0.5, 0.6) is 0 Å². The number of ether oxygens (including phenoxy) is 1. The molecule has 1 aliphatic carbocycles. The standard InChI is InChI=1S/C9H8I2NO4/c1-8-4-2-3-5-9(8,7(14)15-6(8)13)12-10-11(12)16-5/h2-3,5H,4H2,1H3/q-1/t5-,8-,9-,12?/m1/s1. The Labute approximate surface area is 106 Å². The number of esters is 2. The minimum absolute atomic E-state index is 0.0891. The number of halogens is 2. The Balaban J connectivity index is 1.99. The van der Waals surface area contributed by atoms with Crippen molar-refractivity contribution in [3.8, 4) is 0 Å². The fourth-order valence-electron chi connectivity index (χ4n) is 2.66. The summed E-state index contributed by atoms with van der Waals surface area (Å²) in [5.74, 6) is -0.740. The average Bonchev–Trinajstić information content (AvgIpc) is 2.86. The third-order valence-corrected chi connectivity index (χ3v) is 15.6. The van der Waals surface area contributed by atoms with Gasteiger partial charge in [-0.3, -0.25) is 0 Å². The van der Waals surface area contributed by atoms with E-state index in [1.54, 1.807) is 0 Å². The molecule has 4 rings (SSSR count). The normalized spacial score (nSPS) is 54.9. The molecule has 88 valence electrons. The first kappa shape index (κ1) is 10.2. The molecule has 0 radical (unpaired) electrons. The molecule has 4 aliphatic rings. The van der Waals surface area contributed by atoms with Gasteiger partial charge in [0.2, 0.25) is 0 Å². The van der Waals surface area contributed by atoms with E-state index in [4.69, 9.17) is 7.80 Å². The van der Waals surface area contributed by atoms with Crippen LogP contribution in [0.4, 0.5) is 0 Å². The SMILES string of the molecule is C[C@]12CC=C[C@H]3OI4[I-]N4[C@@]31C(=O)OC2=O. The number of carbonyl (C=O) groups is 2. The van der Waals surface area contributed by atoms with Crippen molar-refractivity contribution < 1.29 is 34.9 Å². The maximum atomic E-state index is 12.1. The van der Waals surface area contributed by atoms with Gasteiger partial charge in [0, 0.05) is 0 Å². The van der Waals surface area contributed by atoms with Gasteiger partial charge >= 0.3 is 107 Å². The summed E-state index contributed by atoms with van der Waals surface area (Å²) in [4.78, 5) is 24.0. The van der Waals surface area contributed by atoms with Crippen molar-refractivity contribution in [2.24, 2.45) is 5.41 Å². The van der Waals surface area contributed by atoms with E-state index in [1.165, 1.54) is 0 Å². The van der Waals surface area contributed by atoms with Gasteiger partial charge in [-0.1, -0.05) is 0 Å². The van der Waals surface area contributed by atoms with Crippen LogP contribution in [0, 0.1) is 5.41 Å². The second-order valence-electron chi connectivity index (χ2n) is 4.41. The van der Waals surface area contributed by atoms with Crippen molar-refractivity contribution in [3.63, 3.8) is 0 Å². The van der Waals surface area contributed by atoms with Gasteiger partial charge in [0.15, 0.2) is 0 Å². The van der Waals surface area contributed by atoms with Crippen LogP contribution in [-0.4, -0.2) is 24.9 Å². The summed E-state index contributed by atoms with van der Waals surface area (Å²) in [7, 11) is 0. The molecule has 0 amide bonds. The molecule has 16 heavy (non-hydrogen) atoms. The number of cyclic esters (lactones) is 2. The summed E-state index contributed by atoms with van der Waals surface area (Å²) < 4.78 is 13.1. The molecule has 4 atom stereocenters.